The molecule has 0 atom stereocenters. The van der Waals surface area contributed by atoms with Crippen molar-refractivity contribution in [2.75, 3.05) is 0 Å². The third-order valence-corrected chi connectivity index (χ3v) is 8.58. The number of hydrogen-bond donors (Lipinski definition) is 3. The van der Waals surface area contributed by atoms with Crippen LogP contribution in [0.5, 0.6) is 0 Å². The van der Waals surface area contributed by atoms with E-state index in [4.69, 9.17) is 10.2 Å². The Balaban J connectivity index is 1.05. The van der Waals surface area contributed by atoms with Crippen LogP contribution in [-0.4, -0.2) is 35.1 Å². The molecular formula is C40H28N8O7S. The summed E-state index contributed by atoms with van der Waals surface area (Å²) in [5.41, 5.74) is 5.19. The van der Waals surface area contributed by atoms with Crippen LogP contribution < -0.4 is 0 Å². The number of nitrogens with zero attached hydrogens (tertiary/aromatic N) is 8. The van der Waals surface area contributed by atoms with Gasteiger partial charge in [0.05, 0.1) is 56.6 Å². The van der Waals surface area contributed by atoms with Crippen molar-refractivity contribution in [2.24, 2.45) is 40.9 Å². The van der Waals surface area contributed by atoms with Gasteiger partial charge in [-0.1, -0.05) is 30.4 Å². The molecular weight excluding hydrogens is 737 g/mol. The Morgan fingerprint density at radius 1 is 0.411 bits per heavy atom. The largest absolute Gasteiger partial charge is 0.478 e. The van der Waals surface area contributed by atoms with E-state index in [-0.39, 0.29) is 27.3 Å². The van der Waals surface area contributed by atoms with Gasteiger partial charge in [-0.15, -0.1) is 0 Å². The lowest BCUT2D eigenvalue weighted by molar-refractivity contribution is 0.0686. The Labute approximate surface area is 319 Å². The third kappa shape index (κ3) is 10.7. The van der Waals surface area contributed by atoms with Gasteiger partial charge in [0.25, 0.3) is 10.1 Å². The van der Waals surface area contributed by atoms with E-state index < -0.39 is 22.1 Å². The molecule has 0 bridgehead atoms. The average molecular weight is 765 g/mol. The molecule has 0 amide bonds. The predicted molar refractivity (Wildman–Crippen MR) is 208 cm³/mol. The molecule has 16 heteroatoms. The average Bonchev–Trinajstić information content (AvgIpc) is 3.21. The first-order chi connectivity index (χ1) is 27.0. The lowest BCUT2D eigenvalue weighted by Gasteiger charge is -2.04. The standard InChI is InChI=1S/C40H28N8O7S/c49-39(50)28-6-12-31(13-7-28)42-45-34-19-17-33(18-20-34)44-41-30-10-2-26(3-11-30)1-4-27-5-16-37(25-38(27)56(53,54)55)48-47-36-23-21-35(22-24-36)46-43-32-14-8-29(9-15-32)40(51)52/h1-25H,(H,49,50)(H,51,52)(H,53,54,55). The zero-order chi connectivity index (χ0) is 39.5. The lowest BCUT2D eigenvalue weighted by atomic mass is 10.1. The van der Waals surface area contributed by atoms with E-state index >= 15 is 0 Å². The lowest BCUT2D eigenvalue weighted by Crippen LogP contribution is -2.00. The summed E-state index contributed by atoms with van der Waals surface area (Å²) in [6.45, 7) is 0. The zero-order valence-corrected chi connectivity index (χ0v) is 29.7. The van der Waals surface area contributed by atoms with Crippen molar-refractivity contribution in [3.8, 4) is 0 Å². The fourth-order valence-corrected chi connectivity index (χ4v) is 5.46. The summed E-state index contributed by atoms with van der Waals surface area (Å²) in [5.74, 6) is -2.05. The van der Waals surface area contributed by atoms with E-state index in [2.05, 4.69) is 40.9 Å². The Morgan fingerprint density at radius 2 is 0.696 bits per heavy atom. The Kier molecular flexibility index (Phi) is 11.8. The van der Waals surface area contributed by atoms with Crippen LogP contribution >= 0.6 is 0 Å². The smallest absolute Gasteiger partial charge is 0.335 e. The first-order valence-electron chi connectivity index (χ1n) is 16.4. The van der Waals surface area contributed by atoms with Crippen LogP contribution in [0.2, 0.25) is 0 Å². The highest BCUT2D eigenvalue weighted by Gasteiger charge is 2.15. The van der Waals surface area contributed by atoms with Gasteiger partial charge in [-0.05, 0) is 132 Å². The summed E-state index contributed by atoms with van der Waals surface area (Å²) in [6.07, 6.45) is 3.24. The summed E-state index contributed by atoms with van der Waals surface area (Å²) >= 11 is 0. The van der Waals surface area contributed by atoms with Crippen LogP contribution in [0.1, 0.15) is 31.8 Å². The molecule has 276 valence electrons. The van der Waals surface area contributed by atoms with Crippen LogP contribution in [0, 0.1) is 0 Å². The van der Waals surface area contributed by atoms with E-state index in [9.17, 15) is 22.6 Å². The molecule has 0 radical (unpaired) electrons. The number of aromatic carboxylic acids is 2. The van der Waals surface area contributed by atoms with Crippen molar-refractivity contribution in [3.05, 3.63) is 162 Å². The fraction of sp³-hybridized carbons (Fsp3) is 0. The summed E-state index contributed by atoms with van der Waals surface area (Å²) in [6, 6.07) is 36.8. The molecule has 0 saturated carbocycles. The molecule has 0 saturated heterocycles. The number of carboxylic acids is 2. The highest BCUT2D eigenvalue weighted by Crippen LogP contribution is 2.29. The first-order valence-corrected chi connectivity index (χ1v) is 17.9. The minimum absolute atomic E-state index is 0.145. The van der Waals surface area contributed by atoms with Crippen LogP contribution in [0.15, 0.2) is 185 Å². The van der Waals surface area contributed by atoms with Crippen molar-refractivity contribution >= 4 is 79.7 Å². The number of rotatable bonds is 13. The van der Waals surface area contributed by atoms with E-state index in [1.54, 1.807) is 115 Å². The quantitative estimate of drug-likeness (QED) is 0.0584. The van der Waals surface area contributed by atoms with Crippen molar-refractivity contribution in [1.82, 2.24) is 0 Å². The Morgan fingerprint density at radius 3 is 1.02 bits per heavy atom. The van der Waals surface area contributed by atoms with E-state index in [0.717, 1.165) is 5.56 Å². The summed E-state index contributed by atoms with van der Waals surface area (Å²) < 4.78 is 34.5. The molecule has 15 nitrogen and oxygen atoms in total. The highest BCUT2D eigenvalue weighted by molar-refractivity contribution is 7.86. The maximum Gasteiger partial charge on any atom is 0.335 e. The Hall–Kier alpha value is -7.69. The van der Waals surface area contributed by atoms with Crippen molar-refractivity contribution in [3.63, 3.8) is 0 Å². The molecule has 0 unspecified atom stereocenters. The van der Waals surface area contributed by atoms with Gasteiger partial charge in [0.2, 0.25) is 0 Å². The molecule has 0 spiro atoms. The van der Waals surface area contributed by atoms with Crippen LogP contribution in [0.4, 0.5) is 45.5 Å². The molecule has 6 aromatic rings. The van der Waals surface area contributed by atoms with Gasteiger partial charge in [-0.25, -0.2) is 9.59 Å². The highest BCUT2D eigenvalue weighted by atomic mass is 32.2. The molecule has 0 aliphatic rings. The number of azo groups is 4. The summed E-state index contributed by atoms with van der Waals surface area (Å²) in [5, 5.41) is 51.2. The molecule has 0 aliphatic heterocycles. The monoisotopic (exact) mass is 764 g/mol. The van der Waals surface area contributed by atoms with Crippen LogP contribution in [0.25, 0.3) is 12.2 Å². The zero-order valence-electron chi connectivity index (χ0n) is 28.9. The SMILES string of the molecule is O=C(O)c1ccc(N=Nc2ccc(N=Nc3ccc(C=Cc4ccc(N=Nc5ccc(N=Nc6ccc(C(=O)O)cc6)cc5)cc4S(=O)(=O)O)cc3)cc2)cc1. The predicted octanol–water partition coefficient (Wildman–Crippen LogP) is 12.2. The second kappa shape index (κ2) is 17.4. The van der Waals surface area contributed by atoms with Gasteiger partial charge in [0, 0.05) is 0 Å². The van der Waals surface area contributed by atoms with Gasteiger partial charge < -0.3 is 10.2 Å². The van der Waals surface area contributed by atoms with Gasteiger partial charge in [0.1, 0.15) is 4.90 Å². The van der Waals surface area contributed by atoms with Gasteiger partial charge in [0.15, 0.2) is 0 Å². The minimum atomic E-state index is -4.61. The third-order valence-electron chi connectivity index (χ3n) is 7.68. The van der Waals surface area contributed by atoms with Gasteiger partial charge in [-0.3, -0.25) is 4.55 Å². The number of hydrogen-bond acceptors (Lipinski definition) is 12. The van der Waals surface area contributed by atoms with Gasteiger partial charge in [-0.2, -0.15) is 49.3 Å². The second-order valence-corrected chi connectivity index (χ2v) is 13.0. The van der Waals surface area contributed by atoms with Crippen molar-refractivity contribution in [1.29, 1.82) is 0 Å². The number of carboxylic acid groups (broad SMARTS) is 2. The fourth-order valence-electron chi connectivity index (χ4n) is 4.76. The molecule has 6 aromatic carbocycles. The first kappa shape index (κ1) is 38.0. The number of carbonyl (C=O) groups is 2. The number of benzene rings is 6. The second-order valence-electron chi connectivity index (χ2n) is 11.7. The molecule has 0 aromatic heterocycles. The van der Waals surface area contributed by atoms with Crippen molar-refractivity contribution < 1.29 is 32.8 Å². The van der Waals surface area contributed by atoms with Crippen molar-refractivity contribution in [2.45, 2.75) is 4.90 Å². The van der Waals surface area contributed by atoms with E-state index in [0.29, 0.717) is 39.8 Å². The minimum Gasteiger partial charge on any atom is -0.478 e. The molecule has 3 N–H and O–H groups in total. The summed E-state index contributed by atoms with van der Waals surface area (Å²) in [7, 11) is -4.61. The van der Waals surface area contributed by atoms with E-state index in [1.165, 1.54) is 36.4 Å². The summed E-state index contributed by atoms with van der Waals surface area (Å²) in [4.78, 5) is 21.6. The topological polar surface area (TPSA) is 228 Å². The molecule has 0 aliphatic carbocycles. The van der Waals surface area contributed by atoms with Crippen LogP contribution in [0.3, 0.4) is 0 Å². The molecule has 0 heterocycles. The molecule has 56 heavy (non-hydrogen) atoms. The maximum absolute atomic E-state index is 12.3. The van der Waals surface area contributed by atoms with E-state index in [1.807, 2.05) is 0 Å². The normalized spacial score (nSPS) is 12.1. The molecule has 0 fully saturated rings. The van der Waals surface area contributed by atoms with Crippen LogP contribution in [-0.2, 0) is 10.1 Å². The maximum atomic E-state index is 12.3. The van der Waals surface area contributed by atoms with Gasteiger partial charge >= 0.3 is 11.9 Å². The Bertz CT molecular complexity index is 2630. The molecule has 6 rings (SSSR count).